The number of urea groups is 1. The Hall–Kier alpha value is -1.73. The number of hydrogen-bond acceptors (Lipinski definition) is 4. The van der Waals surface area contributed by atoms with Crippen molar-refractivity contribution in [3.05, 3.63) is 52.9 Å². The third-order valence-corrected chi connectivity index (χ3v) is 3.64. The van der Waals surface area contributed by atoms with Gasteiger partial charge in [-0.25, -0.2) is 4.79 Å². The molecule has 0 aliphatic heterocycles. The van der Waals surface area contributed by atoms with Crippen molar-refractivity contribution < 1.29 is 14.0 Å². The molecule has 0 bridgehead atoms. The molecule has 0 saturated heterocycles. The first-order valence-electron chi connectivity index (χ1n) is 5.63. The van der Waals surface area contributed by atoms with E-state index < -0.39 is 11.9 Å². The van der Waals surface area contributed by atoms with Crippen LogP contribution in [0.1, 0.15) is 10.6 Å². The van der Waals surface area contributed by atoms with Gasteiger partial charge in [-0.15, -0.1) is 0 Å². The Morgan fingerprint density at radius 1 is 1.20 bits per heavy atom. The van der Waals surface area contributed by atoms with Gasteiger partial charge in [-0.2, -0.15) is 0 Å². The van der Waals surface area contributed by atoms with Crippen molar-refractivity contribution in [2.24, 2.45) is 0 Å². The lowest BCUT2D eigenvalue weighted by atomic mass is 10.4. The van der Waals surface area contributed by atoms with Gasteiger partial charge in [-0.05, 0) is 52.1 Å². The van der Waals surface area contributed by atoms with Crippen LogP contribution in [-0.4, -0.2) is 23.3 Å². The highest BCUT2D eigenvalue weighted by molar-refractivity contribution is 9.10. The molecule has 2 aromatic rings. The highest BCUT2D eigenvalue weighted by Crippen LogP contribution is 2.20. The number of nitrogens with zero attached hydrogens (tertiary/aromatic N) is 1. The summed E-state index contributed by atoms with van der Waals surface area (Å²) < 4.78 is 6.84. The molecule has 7 heteroatoms. The minimum atomic E-state index is -0.582. The Morgan fingerprint density at radius 3 is 2.50 bits per heavy atom. The van der Waals surface area contributed by atoms with E-state index in [-0.39, 0.29) is 5.76 Å². The lowest BCUT2D eigenvalue weighted by Crippen LogP contribution is -2.37. The summed E-state index contributed by atoms with van der Waals surface area (Å²) in [5.41, 5.74) is 0. The molecule has 0 spiro atoms. The number of imide groups is 1. The van der Waals surface area contributed by atoms with Crippen molar-refractivity contribution in [2.45, 2.75) is 4.90 Å². The zero-order valence-corrected chi connectivity index (χ0v) is 12.9. The highest BCUT2D eigenvalue weighted by atomic mass is 79.9. The zero-order chi connectivity index (χ0) is 14.5. The predicted molar refractivity (Wildman–Crippen MR) is 79.3 cm³/mol. The molecular weight excluding hydrogens is 344 g/mol. The molecule has 1 N–H and O–H groups in total. The molecule has 1 heterocycles. The Morgan fingerprint density at radius 2 is 1.90 bits per heavy atom. The lowest BCUT2D eigenvalue weighted by Gasteiger charge is -2.15. The fourth-order valence-electron chi connectivity index (χ4n) is 1.35. The van der Waals surface area contributed by atoms with Crippen LogP contribution < -0.4 is 5.32 Å². The molecule has 0 aliphatic rings. The molecule has 0 fully saturated rings. The molecule has 5 nitrogen and oxygen atoms in total. The summed E-state index contributed by atoms with van der Waals surface area (Å²) in [4.78, 5) is 24.5. The number of benzene rings is 1. The van der Waals surface area contributed by atoms with Crippen molar-refractivity contribution >= 4 is 39.8 Å². The maximum atomic E-state index is 11.9. The molecule has 0 radical (unpaired) electrons. The summed E-state index contributed by atoms with van der Waals surface area (Å²) in [6, 6.07) is 11.9. The van der Waals surface area contributed by atoms with E-state index in [9.17, 15) is 9.59 Å². The predicted octanol–water partition coefficient (Wildman–Crippen LogP) is 3.53. The summed E-state index contributed by atoms with van der Waals surface area (Å²) in [6.45, 7) is 0. The quantitative estimate of drug-likeness (QED) is 0.856. The van der Waals surface area contributed by atoms with Crippen molar-refractivity contribution in [3.8, 4) is 0 Å². The standard InChI is InChI=1S/C13H11BrN2O3S/c1-16(20-9-5-3-2-4-6-9)13(18)15-12(17)10-7-8-11(14)19-10/h2-8H,1H3,(H,15,17,18). The van der Waals surface area contributed by atoms with Gasteiger partial charge in [0.2, 0.25) is 0 Å². The summed E-state index contributed by atoms with van der Waals surface area (Å²) in [7, 11) is 1.58. The van der Waals surface area contributed by atoms with Gasteiger partial charge in [-0.3, -0.25) is 14.4 Å². The molecule has 3 amide bonds. The van der Waals surface area contributed by atoms with Gasteiger partial charge in [0.25, 0.3) is 5.91 Å². The van der Waals surface area contributed by atoms with Crippen LogP contribution in [0.5, 0.6) is 0 Å². The van der Waals surface area contributed by atoms with Crippen LogP contribution in [0.25, 0.3) is 0 Å². The summed E-state index contributed by atoms with van der Waals surface area (Å²) >= 11 is 4.32. The molecule has 104 valence electrons. The smallest absolute Gasteiger partial charge is 0.334 e. The van der Waals surface area contributed by atoms with E-state index in [0.29, 0.717) is 4.67 Å². The van der Waals surface area contributed by atoms with Gasteiger partial charge < -0.3 is 4.42 Å². The summed E-state index contributed by atoms with van der Waals surface area (Å²) in [6.07, 6.45) is 0. The third kappa shape index (κ3) is 3.88. The molecule has 0 saturated carbocycles. The van der Waals surface area contributed by atoms with Crippen LogP contribution in [0.3, 0.4) is 0 Å². The van der Waals surface area contributed by atoms with E-state index in [4.69, 9.17) is 4.42 Å². The number of hydrogen-bond donors (Lipinski definition) is 1. The first-order valence-corrected chi connectivity index (χ1v) is 7.20. The number of furan rings is 1. The third-order valence-electron chi connectivity index (χ3n) is 2.29. The fourth-order valence-corrected chi connectivity index (χ4v) is 2.38. The lowest BCUT2D eigenvalue weighted by molar-refractivity contribution is 0.0932. The zero-order valence-electron chi connectivity index (χ0n) is 10.5. The van der Waals surface area contributed by atoms with E-state index in [1.165, 1.54) is 22.3 Å². The van der Waals surface area contributed by atoms with Crippen molar-refractivity contribution in [2.75, 3.05) is 7.05 Å². The molecule has 1 aromatic heterocycles. The number of carbonyl (C=O) groups is 2. The van der Waals surface area contributed by atoms with Crippen molar-refractivity contribution in [3.63, 3.8) is 0 Å². The Balaban J connectivity index is 1.93. The maximum Gasteiger partial charge on any atom is 0.334 e. The number of halogens is 1. The van der Waals surface area contributed by atoms with E-state index in [2.05, 4.69) is 21.2 Å². The number of amides is 3. The van der Waals surface area contributed by atoms with Gasteiger partial charge in [0.05, 0.1) is 0 Å². The van der Waals surface area contributed by atoms with Crippen LogP contribution in [0, 0.1) is 0 Å². The van der Waals surface area contributed by atoms with Gasteiger partial charge in [0.15, 0.2) is 10.4 Å². The van der Waals surface area contributed by atoms with Gasteiger partial charge >= 0.3 is 6.03 Å². The van der Waals surface area contributed by atoms with E-state index in [1.54, 1.807) is 13.1 Å². The van der Waals surface area contributed by atoms with E-state index >= 15 is 0 Å². The number of nitrogens with one attached hydrogen (secondary N) is 1. The maximum absolute atomic E-state index is 11.9. The van der Waals surface area contributed by atoms with Crippen LogP contribution >= 0.6 is 27.9 Å². The van der Waals surface area contributed by atoms with Crippen molar-refractivity contribution in [1.82, 2.24) is 9.62 Å². The minimum absolute atomic E-state index is 0.0725. The monoisotopic (exact) mass is 354 g/mol. The second-order valence-electron chi connectivity index (χ2n) is 3.76. The Kier molecular flexibility index (Phi) is 4.86. The van der Waals surface area contributed by atoms with Gasteiger partial charge in [0.1, 0.15) is 0 Å². The molecular formula is C13H11BrN2O3S. The average molecular weight is 355 g/mol. The average Bonchev–Trinajstić information content (AvgIpc) is 2.86. The molecule has 2 rings (SSSR count). The van der Waals surface area contributed by atoms with Gasteiger partial charge in [-0.1, -0.05) is 18.2 Å². The SMILES string of the molecule is CN(Sc1ccccc1)C(=O)NC(=O)c1ccc(Br)o1. The molecule has 0 atom stereocenters. The normalized spacial score (nSPS) is 10.1. The Labute approximate surface area is 128 Å². The second-order valence-corrected chi connectivity index (χ2v) is 5.75. The van der Waals surface area contributed by atoms with E-state index in [0.717, 1.165) is 4.90 Å². The first kappa shape index (κ1) is 14.7. The van der Waals surface area contributed by atoms with Crippen LogP contribution in [-0.2, 0) is 0 Å². The van der Waals surface area contributed by atoms with E-state index in [1.807, 2.05) is 30.3 Å². The number of carbonyl (C=O) groups excluding carboxylic acids is 2. The largest absolute Gasteiger partial charge is 0.444 e. The fraction of sp³-hybridized carbons (Fsp3) is 0.0769. The molecule has 0 aliphatic carbocycles. The second kappa shape index (κ2) is 6.62. The van der Waals surface area contributed by atoms with Crippen molar-refractivity contribution in [1.29, 1.82) is 0 Å². The topological polar surface area (TPSA) is 62.6 Å². The molecule has 1 aromatic carbocycles. The minimum Gasteiger partial charge on any atom is -0.444 e. The number of rotatable bonds is 3. The first-order chi connectivity index (χ1) is 9.56. The summed E-state index contributed by atoms with van der Waals surface area (Å²) in [5.74, 6) is -0.510. The molecule has 20 heavy (non-hydrogen) atoms. The van der Waals surface area contributed by atoms with Gasteiger partial charge in [0, 0.05) is 11.9 Å². The van der Waals surface area contributed by atoms with Crippen LogP contribution in [0.15, 0.2) is 56.4 Å². The summed E-state index contributed by atoms with van der Waals surface area (Å²) in [5, 5.41) is 2.24. The van der Waals surface area contributed by atoms with Crippen LogP contribution in [0.4, 0.5) is 4.79 Å². The Bertz CT molecular complexity index is 615. The van der Waals surface area contributed by atoms with Crippen LogP contribution in [0.2, 0.25) is 0 Å². The molecule has 0 unspecified atom stereocenters. The highest BCUT2D eigenvalue weighted by Gasteiger charge is 2.17.